The van der Waals surface area contributed by atoms with Gasteiger partial charge in [-0.05, 0) is 30.5 Å². The van der Waals surface area contributed by atoms with Gasteiger partial charge in [0.1, 0.15) is 5.70 Å². The number of carbonyl (C=O) groups excluding carboxylic acids is 2. The zero-order valence-electron chi connectivity index (χ0n) is 14.2. The molecule has 1 aromatic carbocycles. The lowest BCUT2D eigenvalue weighted by atomic mass is 10.1. The third kappa shape index (κ3) is 4.14. The van der Waals surface area contributed by atoms with Crippen LogP contribution in [0.3, 0.4) is 0 Å². The number of amides is 1. The summed E-state index contributed by atoms with van der Waals surface area (Å²) in [6.45, 7) is 2.32. The van der Waals surface area contributed by atoms with Crippen LogP contribution >= 0.6 is 0 Å². The zero-order chi connectivity index (χ0) is 17.5. The fourth-order valence-electron chi connectivity index (χ4n) is 2.63. The maximum atomic E-state index is 12.4. The summed E-state index contributed by atoms with van der Waals surface area (Å²) in [5.74, 6) is -0.842. The number of hydrogen-bond acceptors (Lipinski definition) is 5. The molecule has 1 aliphatic heterocycles. The summed E-state index contributed by atoms with van der Waals surface area (Å²) in [6.07, 6.45) is 3.31. The van der Waals surface area contributed by atoms with Crippen molar-refractivity contribution in [3.05, 3.63) is 41.1 Å². The topological polar surface area (TPSA) is 78.9 Å². The Kier molecular flexibility index (Phi) is 6.37. The first kappa shape index (κ1) is 18.0. The molecule has 2 rings (SSSR count). The van der Waals surface area contributed by atoms with E-state index in [4.69, 9.17) is 9.84 Å². The number of methoxy groups -OCH3 is 1. The molecule has 0 aliphatic carbocycles. The smallest absolute Gasteiger partial charge is 0.337 e. The molecule has 0 atom stereocenters. The number of anilines is 1. The van der Waals surface area contributed by atoms with Crippen molar-refractivity contribution in [2.75, 3.05) is 32.1 Å². The van der Waals surface area contributed by atoms with Crippen molar-refractivity contribution in [2.24, 2.45) is 0 Å². The highest BCUT2D eigenvalue weighted by molar-refractivity contribution is 6.08. The standard InChI is InChI=1S/C18H24N2O4/c1-3-4-5-13-6-8-14(9-7-13)19-16-15(18(23)24-2)12-20(10-11-21)17(16)22/h6-9,19,21H,3-5,10-12H2,1-2H3. The first-order chi connectivity index (χ1) is 11.6. The molecule has 1 aliphatic rings. The van der Waals surface area contributed by atoms with E-state index in [1.165, 1.54) is 17.6 Å². The predicted molar refractivity (Wildman–Crippen MR) is 91.4 cm³/mol. The quantitative estimate of drug-likeness (QED) is 0.709. The lowest BCUT2D eigenvalue weighted by Crippen LogP contribution is -2.31. The van der Waals surface area contributed by atoms with Crippen LogP contribution in [0.2, 0.25) is 0 Å². The number of unbranched alkanes of at least 4 members (excludes halogenated alkanes) is 1. The Balaban J connectivity index is 2.17. The van der Waals surface area contributed by atoms with Crippen molar-refractivity contribution < 1.29 is 19.4 Å². The highest BCUT2D eigenvalue weighted by atomic mass is 16.5. The van der Waals surface area contributed by atoms with E-state index in [1.807, 2.05) is 24.3 Å². The van der Waals surface area contributed by atoms with E-state index in [-0.39, 0.29) is 36.9 Å². The van der Waals surface area contributed by atoms with Crippen molar-refractivity contribution in [1.82, 2.24) is 4.90 Å². The van der Waals surface area contributed by atoms with Crippen LogP contribution in [-0.4, -0.2) is 48.7 Å². The predicted octanol–water partition coefficient (Wildman–Crippen LogP) is 1.70. The van der Waals surface area contributed by atoms with Crippen LogP contribution in [0.15, 0.2) is 35.5 Å². The number of nitrogens with one attached hydrogen (secondary N) is 1. The summed E-state index contributed by atoms with van der Waals surface area (Å²) in [6, 6.07) is 7.83. The van der Waals surface area contributed by atoms with E-state index in [1.54, 1.807) is 0 Å². The second-order valence-electron chi connectivity index (χ2n) is 5.72. The number of hydrogen-bond donors (Lipinski definition) is 2. The van der Waals surface area contributed by atoms with Gasteiger partial charge >= 0.3 is 5.97 Å². The molecule has 2 N–H and O–H groups in total. The Morgan fingerprint density at radius 1 is 1.33 bits per heavy atom. The molecule has 1 amide bonds. The number of rotatable bonds is 8. The van der Waals surface area contributed by atoms with Gasteiger partial charge in [-0.1, -0.05) is 25.5 Å². The molecule has 1 heterocycles. The molecule has 0 radical (unpaired) electrons. The molecule has 0 aromatic heterocycles. The number of esters is 1. The highest BCUT2D eigenvalue weighted by Crippen LogP contribution is 2.23. The molecule has 0 saturated heterocycles. The minimum Gasteiger partial charge on any atom is -0.466 e. The number of ether oxygens (including phenoxy) is 1. The van der Waals surface area contributed by atoms with Gasteiger partial charge in [-0.25, -0.2) is 4.79 Å². The van der Waals surface area contributed by atoms with Gasteiger partial charge < -0.3 is 20.1 Å². The van der Waals surface area contributed by atoms with Crippen molar-refractivity contribution >= 4 is 17.6 Å². The highest BCUT2D eigenvalue weighted by Gasteiger charge is 2.34. The van der Waals surface area contributed by atoms with Crippen LogP contribution in [0, 0.1) is 0 Å². The minimum absolute atomic E-state index is 0.142. The third-order valence-corrected chi connectivity index (χ3v) is 4.00. The number of aryl methyl sites for hydroxylation is 1. The van der Waals surface area contributed by atoms with E-state index >= 15 is 0 Å². The molecule has 0 fully saturated rings. The molecule has 0 unspecified atom stereocenters. The van der Waals surface area contributed by atoms with Crippen molar-refractivity contribution in [3.63, 3.8) is 0 Å². The van der Waals surface area contributed by atoms with Gasteiger partial charge in [0.05, 0.1) is 25.8 Å². The number of benzene rings is 1. The van der Waals surface area contributed by atoms with Crippen LogP contribution in [0.5, 0.6) is 0 Å². The summed E-state index contributed by atoms with van der Waals surface area (Å²) < 4.78 is 4.76. The number of β-amino-alcohol motifs (C(OH)–C–C–N with tert-alkyl or cyclic N) is 1. The third-order valence-electron chi connectivity index (χ3n) is 4.00. The number of nitrogens with zero attached hydrogens (tertiary/aromatic N) is 1. The first-order valence-corrected chi connectivity index (χ1v) is 8.18. The molecule has 24 heavy (non-hydrogen) atoms. The van der Waals surface area contributed by atoms with E-state index in [2.05, 4.69) is 12.2 Å². The monoisotopic (exact) mass is 332 g/mol. The number of aliphatic hydroxyl groups excluding tert-OH is 1. The van der Waals surface area contributed by atoms with Crippen molar-refractivity contribution in [2.45, 2.75) is 26.2 Å². The Labute approximate surface area is 142 Å². The van der Waals surface area contributed by atoms with Gasteiger partial charge in [0.25, 0.3) is 5.91 Å². The average molecular weight is 332 g/mol. The lowest BCUT2D eigenvalue weighted by molar-refractivity contribution is -0.136. The second kappa shape index (κ2) is 8.49. The Morgan fingerprint density at radius 3 is 2.62 bits per heavy atom. The van der Waals surface area contributed by atoms with Gasteiger partial charge in [-0.3, -0.25) is 4.79 Å². The lowest BCUT2D eigenvalue weighted by Gasteiger charge is -2.15. The van der Waals surface area contributed by atoms with Gasteiger partial charge in [0, 0.05) is 12.2 Å². The minimum atomic E-state index is -0.536. The number of carbonyl (C=O) groups is 2. The summed E-state index contributed by atoms with van der Waals surface area (Å²) in [5.41, 5.74) is 2.48. The summed E-state index contributed by atoms with van der Waals surface area (Å²) in [7, 11) is 1.29. The molecule has 6 heteroatoms. The molecule has 1 aromatic rings. The van der Waals surface area contributed by atoms with Crippen LogP contribution in [0.4, 0.5) is 5.69 Å². The van der Waals surface area contributed by atoms with Gasteiger partial charge in [0.2, 0.25) is 0 Å². The molecule has 0 spiro atoms. The van der Waals surface area contributed by atoms with Crippen LogP contribution in [0.25, 0.3) is 0 Å². The largest absolute Gasteiger partial charge is 0.466 e. The Bertz CT molecular complexity index is 622. The SMILES string of the molecule is CCCCc1ccc(NC2=C(C(=O)OC)CN(CCO)C2=O)cc1. The van der Waals surface area contributed by atoms with E-state index in [0.717, 1.165) is 24.9 Å². The van der Waals surface area contributed by atoms with E-state index in [9.17, 15) is 9.59 Å². The van der Waals surface area contributed by atoms with Crippen molar-refractivity contribution in [1.29, 1.82) is 0 Å². The Hall–Kier alpha value is -2.34. The normalized spacial score (nSPS) is 14.3. The van der Waals surface area contributed by atoms with E-state index < -0.39 is 5.97 Å². The molecule has 130 valence electrons. The summed E-state index contributed by atoms with van der Waals surface area (Å²) in [4.78, 5) is 25.8. The average Bonchev–Trinajstić information content (AvgIpc) is 2.90. The van der Waals surface area contributed by atoms with Gasteiger partial charge in [0.15, 0.2) is 0 Å². The van der Waals surface area contributed by atoms with E-state index in [0.29, 0.717) is 0 Å². The number of aliphatic hydroxyl groups is 1. The van der Waals surface area contributed by atoms with Gasteiger partial charge in [-0.15, -0.1) is 0 Å². The Morgan fingerprint density at radius 2 is 2.04 bits per heavy atom. The maximum absolute atomic E-state index is 12.4. The summed E-state index contributed by atoms with van der Waals surface area (Å²) >= 11 is 0. The zero-order valence-corrected chi connectivity index (χ0v) is 14.2. The molecule has 0 bridgehead atoms. The molecular formula is C18H24N2O4. The summed E-state index contributed by atoms with van der Waals surface area (Å²) in [5, 5.41) is 12.1. The molecule has 0 saturated carbocycles. The fourth-order valence-corrected chi connectivity index (χ4v) is 2.63. The van der Waals surface area contributed by atoms with Crippen LogP contribution in [0.1, 0.15) is 25.3 Å². The van der Waals surface area contributed by atoms with Gasteiger partial charge in [-0.2, -0.15) is 0 Å². The van der Waals surface area contributed by atoms with Crippen molar-refractivity contribution in [3.8, 4) is 0 Å². The first-order valence-electron chi connectivity index (χ1n) is 8.18. The maximum Gasteiger partial charge on any atom is 0.337 e. The second-order valence-corrected chi connectivity index (χ2v) is 5.72. The molecule has 6 nitrogen and oxygen atoms in total. The molecular weight excluding hydrogens is 308 g/mol. The van der Waals surface area contributed by atoms with Crippen LogP contribution < -0.4 is 5.32 Å². The van der Waals surface area contributed by atoms with Crippen LogP contribution in [-0.2, 0) is 20.7 Å². The fraction of sp³-hybridized carbons (Fsp3) is 0.444.